The highest BCUT2D eigenvalue weighted by molar-refractivity contribution is 9.11. The maximum Gasteiger partial charge on any atom is 0.237 e. The molecule has 0 aliphatic carbocycles. The summed E-state index contributed by atoms with van der Waals surface area (Å²) >= 11 is 5.17. The molecule has 0 radical (unpaired) electrons. The number of rotatable bonds is 5. The zero-order valence-corrected chi connectivity index (χ0v) is 15.3. The third-order valence-electron chi connectivity index (χ3n) is 3.94. The van der Waals surface area contributed by atoms with Gasteiger partial charge >= 0.3 is 0 Å². The summed E-state index contributed by atoms with van der Waals surface area (Å²) in [5, 5.41) is 3.45. The molecule has 6 heteroatoms. The first kappa shape index (κ1) is 16.9. The number of likely N-dealkylation sites (N-methyl/N-ethyl adjacent to an activating group) is 1. The SMILES string of the molecule is CCN(Cc1ccc(Br)s1)C(=O)CN1CC(C)NCC1C. The Balaban J connectivity index is 1.93. The number of hydrogen-bond acceptors (Lipinski definition) is 4. The lowest BCUT2D eigenvalue weighted by Gasteiger charge is -2.38. The van der Waals surface area contributed by atoms with Crippen LogP contribution in [0.1, 0.15) is 25.6 Å². The average molecular weight is 374 g/mol. The number of amides is 1. The Morgan fingerprint density at radius 1 is 1.52 bits per heavy atom. The molecule has 2 rings (SSSR count). The van der Waals surface area contributed by atoms with Gasteiger partial charge in [-0.15, -0.1) is 11.3 Å². The van der Waals surface area contributed by atoms with Gasteiger partial charge in [0.2, 0.25) is 5.91 Å². The van der Waals surface area contributed by atoms with E-state index in [1.165, 1.54) is 4.88 Å². The fourth-order valence-corrected chi connectivity index (χ4v) is 4.09. The largest absolute Gasteiger partial charge is 0.337 e. The number of halogens is 1. The van der Waals surface area contributed by atoms with Crippen molar-refractivity contribution in [3.8, 4) is 0 Å². The Kier molecular flexibility index (Phi) is 6.22. The normalized spacial score (nSPS) is 23.2. The molecule has 4 nitrogen and oxygen atoms in total. The molecule has 0 saturated carbocycles. The molecule has 1 fully saturated rings. The van der Waals surface area contributed by atoms with Crippen LogP contribution in [0.5, 0.6) is 0 Å². The highest BCUT2D eigenvalue weighted by Gasteiger charge is 2.25. The number of carbonyl (C=O) groups is 1. The second-order valence-electron chi connectivity index (χ2n) is 5.70. The predicted octanol–water partition coefficient (Wildman–Crippen LogP) is 2.54. The number of piperazine rings is 1. The number of carbonyl (C=O) groups excluding carboxylic acids is 1. The molecular weight excluding hydrogens is 350 g/mol. The zero-order chi connectivity index (χ0) is 15.4. The highest BCUT2D eigenvalue weighted by atomic mass is 79.9. The third kappa shape index (κ3) is 4.77. The van der Waals surface area contributed by atoms with Crippen LogP contribution < -0.4 is 5.32 Å². The summed E-state index contributed by atoms with van der Waals surface area (Å²) in [4.78, 5) is 18.0. The van der Waals surface area contributed by atoms with Gasteiger partial charge in [0.15, 0.2) is 0 Å². The lowest BCUT2D eigenvalue weighted by atomic mass is 10.1. The third-order valence-corrected chi connectivity index (χ3v) is 5.55. The average Bonchev–Trinajstić information content (AvgIpc) is 2.85. The van der Waals surface area contributed by atoms with Crippen molar-refractivity contribution in [2.75, 3.05) is 26.2 Å². The van der Waals surface area contributed by atoms with Gasteiger partial charge in [-0.2, -0.15) is 0 Å². The first-order chi connectivity index (χ1) is 9.99. The standard InChI is InChI=1S/C15H24BrN3OS/c1-4-18(9-13-5-6-14(16)21-13)15(20)10-19-8-11(2)17-7-12(19)3/h5-6,11-12,17H,4,7-10H2,1-3H3. The van der Waals surface area contributed by atoms with Crippen molar-refractivity contribution in [3.63, 3.8) is 0 Å². The minimum atomic E-state index is 0.225. The summed E-state index contributed by atoms with van der Waals surface area (Å²) in [6.45, 7) is 10.3. The fraction of sp³-hybridized carbons (Fsp3) is 0.667. The van der Waals surface area contributed by atoms with Crippen LogP contribution >= 0.6 is 27.3 Å². The molecule has 1 aromatic heterocycles. The number of thiophene rings is 1. The van der Waals surface area contributed by atoms with Gasteiger partial charge in [0.1, 0.15) is 0 Å². The molecule has 2 unspecified atom stereocenters. The fourth-order valence-electron chi connectivity index (χ4n) is 2.59. The van der Waals surface area contributed by atoms with Crippen molar-refractivity contribution in [3.05, 3.63) is 20.8 Å². The quantitative estimate of drug-likeness (QED) is 0.861. The van der Waals surface area contributed by atoms with Crippen LogP contribution in [0.2, 0.25) is 0 Å². The van der Waals surface area contributed by atoms with E-state index >= 15 is 0 Å². The molecule has 1 saturated heterocycles. The molecule has 1 aliphatic rings. The first-order valence-corrected chi connectivity index (χ1v) is 9.10. The van der Waals surface area contributed by atoms with E-state index < -0.39 is 0 Å². The Morgan fingerprint density at radius 3 is 2.90 bits per heavy atom. The van der Waals surface area contributed by atoms with Gasteiger partial charge in [-0.05, 0) is 48.8 Å². The molecule has 2 heterocycles. The van der Waals surface area contributed by atoms with Crippen LogP contribution in [-0.2, 0) is 11.3 Å². The minimum absolute atomic E-state index is 0.225. The minimum Gasteiger partial charge on any atom is -0.337 e. The monoisotopic (exact) mass is 373 g/mol. The number of nitrogens with zero attached hydrogens (tertiary/aromatic N) is 2. The van der Waals surface area contributed by atoms with Crippen molar-refractivity contribution in [1.82, 2.24) is 15.1 Å². The molecule has 1 amide bonds. The molecule has 2 atom stereocenters. The van der Waals surface area contributed by atoms with Crippen molar-refractivity contribution in [1.29, 1.82) is 0 Å². The molecule has 1 aliphatic heterocycles. The van der Waals surface area contributed by atoms with E-state index in [1.807, 2.05) is 17.9 Å². The summed E-state index contributed by atoms with van der Waals surface area (Å²) in [5.41, 5.74) is 0. The van der Waals surface area contributed by atoms with Crippen molar-refractivity contribution >= 4 is 33.2 Å². The molecule has 21 heavy (non-hydrogen) atoms. The zero-order valence-electron chi connectivity index (χ0n) is 12.9. The summed E-state index contributed by atoms with van der Waals surface area (Å²) in [6, 6.07) is 5.00. The highest BCUT2D eigenvalue weighted by Crippen LogP contribution is 2.23. The second-order valence-corrected chi connectivity index (χ2v) is 8.25. The summed E-state index contributed by atoms with van der Waals surface area (Å²) < 4.78 is 1.12. The van der Waals surface area contributed by atoms with Crippen molar-refractivity contribution in [2.24, 2.45) is 0 Å². The molecule has 0 aromatic carbocycles. The smallest absolute Gasteiger partial charge is 0.237 e. The van der Waals surface area contributed by atoms with Crippen molar-refractivity contribution < 1.29 is 4.79 Å². The van der Waals surface area contributed by atoms with E-state index in [1.54, 1.807) is 11.3 Å². The van der Waals surface area contributed by atoms with E-state index in [0.29, 0.717) is 25.2 Å². The van der Waals surface area contributed by atoms with Crippen LogP contribution in [0, 0.1) is 0 Å². The van der Waals surface area contributed by atoms with Gasteiger partial charge in [0.05, 0.1) is 16.9 Å². The number of hydrogen-bond donors (Lipinski definition) is 1. The summed E-state index contributed by atoms with van der Waals surface area (Å²) in [6.07, 6.45) is 0. The van der Waals surface area contributed by atoms with Crippen LogP contribution in [0.15, 0.2) is 15.9 Å². The maximum absolute atomic E-state index is 12.6. The van der Waals surface area contributed by atoms with Crippen LogP contribution in [-0.4, -0.2) is 54.0 Å². The van der Waals surface area contributed by atoms with E-state index in [2.05, 4.69) is 46.1 Å². The van der Waals surface area contributed by atoms with Gasteiger partial charge < -0.3 is 10.2 Å². The summed E-state index contributed by atoms with van der Waals surface area (Å²) in [5.74, 6) is 0.225. The topological polar surface area (TPSA) is 35.6 Å². The van der Waals surface area contributed by atoms with Crippen molar-refractivity contribution in [2.45, 2.75) is 39.4 Å². The lowest BCUT2D eigenvalue weighted by Crippen LogP contribution is -2.56. The molecule has 0 spiro atoms. The van der Waals surface area contributed by atoms with E-state index in [9.17, 15) is 4.79 Å². The molecule has 1 aromatic rings. The van der Waals surface area contributed by atoms with Crippen LogP contribution in [0.4, 0.5) is 0 Å². The van der Waals surface area contributed by atoms with Gasteiger partial charge in [-0.3, -0.25) is 9.69 Å². The van der Waals surface area contributed by atoms with Gasteiger partial charge in [-0.1, -0.05) is 0 Å². The van der Waals surface area contributed by atoms with Crippen LogP contribution in [0.3, 0.4) is 0 Å². The van der Waals surface area contributed by atoms with Crippen LogP contribution in [0.25, 0.3) is 0 Å². The molecule has 0 bridgehead atoms. The van der Waals surface area contributed by atoms with E-state index in [0.717, 1.165) is 23.4 Å². The Morgan fingerprint density at radius 2 is 2.29 bits per heavy atom. The lowest BCUT2D eigenvalue weighted by molar-refractivity contribution is -0.133. The number of nitrogens with one attached hydrogen (secondary N) is 1. The van der Waals surface area contributed by atoms with E-state index in [-0.39, 0.29) is 5.91 Å². The summed E-state index contributed by atoms with van der Waals surface area (Å²) in [7, 11) is 0. The Labute approximate surface area is 139 Å². The Hall–Kier alpha value is -0.430. The molecular formula is C15H24BrN3OS. The predicted molar refractivity (Wildman–Crippen MR) is 91.6 cm³/mol. The molecule has 118 valence electrons. The van der Waals surface area contributed by atoms with Gasteiger partial charge in [-0.25, -0.2) is 0 Å². The molecule has 1 N–H and O–H groups in total. The second kappa shape index (κ2) is 7.72. The van der Waals surface area contributed by atoms with Gasteiger partial charge in [0, 0.05) is 36.6 Å². The first-order valence-electron chi connectivity index (χ1n) is 7.49. The van der Waals surface area contributed by atoms with Gasteiger partial charge in [0.25, 0.3) is 0 Å². The van der Waals surface area contributed by atoms with E-state index in [4.69, 9.17) is 0 Å². The Bertz CT molecular complexity index is 479. The maximum atomic E-state index is 12.6.